The number of H-pyrrole nitrogens is 1. The van der Waals surface area contributed by atoms with Crippen LogP contribution in [0.3, 0.4) is 0 Å². The lowest BCUT2D eigenvalue weighted by Crippen LogP contribution is -2.42. The van der Waals surface area contributed by atoms with Crippen LogP contribution in [0.5, 0.6) is 0 Å². The number of aromatic nitrogens is 3. The summed E-state index contributed by atoms with van der Waals surface area (Å²) < 4.78 is 5.79. The molecule has 1 aromatic heterocycles. The Morgan fingerprint density at radius 1 is 1.32 bits per heavy atom. The molecule has 0 spiro atoms. The highest BCUT2D eigenvalue weighted by Gasteiger charge is 2.29. The fraction of sp³-hybridized carbons (Fsp3) is 0.526. The monoisotopic (exact) mass is 340 g/mol. The number of amides is 1. The topological polar surface area (TPSA) is 71.1 Å². The molecule has 0 saturated carbocycles. The Balaban J connectivity index is 1.49. The standard InChI is InChI=1S/C19H24N4O2/c1-2-17-20-18(22-21-17)16-12-23(9-10-25-16)19(24)15-8-7-13-5-3-4-6-14(13)11-15/h7-8,11,16H,2-6,9-10,12H2,1H3,(H,20,21,22)/t16-/m1/s1. The number of aryl methyl sites for hydroxylation is 3. The van der Waals surface area contributed by atoms with Crippen LogP contribution in [-0.4, -0.2) is 45.7 Å². The van der Waals surface area contributed by atoms with E-state index in [4.69, 9.17) is 4.74 Å². The van der Waals surface area contributed by atoms with Gasteiger partial charge in [-0.25, -0.2) is 4.98 Å². The molecule has 0 radical (unpaired) electrons. The number of nitrogens with one attached hydrogen (secondary N) is 1. The van der Waals surface area contributed by atoms with Gasteiger partial charge in [-0.2, -0.15) is 5.10 Å². The smallest absolute Gasteiger partial charge is 0.254 e. The minimum atomic E-state index is -0.258. The van der Waals surface area contributed by atoms with Crippen molar-refractivity contribution in [2.75, 3.05) is 19.7 Å². The maximum atomic E-state index is 12.9. The van der Waals surface area contributed by atoms with E-state index in [1.807, 2.05) is 17.9 Å². The van der Waals surface area contributed by atoms with Crippen molar-refractivity contribution in [2.45, 2.75) is 45.1 Å². The Bertz CT molecular complexity index is 771. The molecule has 0 unspecified atom stereocenters. The molecule has 1 fully saturated rings. The lowest BCUT2D eigenvalue weighted by Gasteiger charge is -2.32. The number of fused-ring (bicyclic) bond motifs is 1. The molecule has 0 bridgehead atoms. The fourth-order valence-corrected chi connectivity index (χ4v) is 3.65. The quantitative estimate of drug-likeness (QED) is 0.932. The van der Waals surface area contributed by atoms with Crippen LogP contribution in [0.2, 0.25) is 0 Å². The van der Waals surface area contributed by atoms with E-state index in [2.05, 4.69) is 27.3 Å². The molecule has 6 heteroatoms. The Kier molecular flexibility index (Phi) is 4.53. The number of hydrogen-bond acceptors (Lipinski definition) is 4. The zero-order valence-corrected chi connectivity index (χ0v) is 14.6. The van der Waals surface area contributed by atoms with Crippen molar-refractivity contribution in [1.82, 2.24) is 20.1 Å². The summed E-state index contributed by atoms with van der Waals surface area (Å²) in [5.74, 6) is 1.56. The van der Waals surface area contributed by atoms with Crippen molar-refractivity contribution in [3.63, 3.8) is 0 Å². The van der Waals surface area contributed by atoms with Gasteiger partial charge in [0.2, 0.25) is 0 Å². The highest BCUT2D eigenvalue weighted by Crippen LogP contribution is 2.25. The maximum absolute atomic E-state index is 12.9. The van der Waals surface area contributed by atoms with Crippen molar-refractivity contribution < 1.29 is 9.53 Å². The van der Waals surface area contributed by atoms with Gasteiger partial charge in [-0.15, -0.1) is 0 Å². The number of carbonyl (C=O) groups is 1. The van der Waals surface area contributed by atoms with Crippen LogP contribution in [0.1, 0.15) is 59.0 Å². The largest absolute Gasteiger partial charge is 0.366 e. The number of ether oxygens (including phenoxy) is 1. The lowest BCUT2D eigenvalue weighted by molar-refractivity contribution is -0.0266. The summed E-state index contributed by atoms with van der Waals surface area (Å²) in [5, 5.41) is 7.15. The van der Waals surface area contributed by atoms with Crippen LogP contribution >= 0.6 is 0 Å². The maximum Gasteiger partial charge on any atom is 0.254 e. The molecule has 2 aromatic rings. The van der Waals surface area contributed by atoms with Crippen molar-refractivity contribution in [3.8, 4) is 0 Å². The molecule has 6 nitrogen and oxygen atoms in total. The van der Waals surface area contributed by atoms with Gasteiger partial charge in [-0.1, -0.05) is 13.0 Å². The third kappa shape index (κ3) is 3.31. The van der Waals surface area contributed by atoms with Gasteiger partial charge in [0, 0.05) is 18.5 Å². The number of rotatable bonds is 3. The molecule has 1 amide bonds. The Hall–Kier alpha value is -2.21. The summed E-state index contributed by atoms with van der Waals surface area (Å²) in [4.78, 5) is 19.3. The fourth-order valence-electron chi connectivity index (χ4n) is 3.65. The number of carbonyl (C=O) groups excluding carboxylic acids is 1. The third-order valence-corrected chi connectivity index (χ3v) is 5.12. The van der Waals surface area contributed by atoms with Gasteiger partial charge < -0.3 is 9.64 Å². The zero-order valence-electron chi connectivity index (χ0n) is 14.6. The predicted molar refractivity (Wildman–Crippen MR) is 93.4 cm³/mol. The molecular formula is C19H24N4O2. The number of morpholine rings is 1. The van der Waals surface area contributed by atoms with Gasteiger partial charge in [0.15, 0.2) is 5.82 Å². The number of benzene rings is 1. The van der Waals surface area contributed by atoms with E-state index in [1.54, 1.807) is 0 Å². The molecule has 1 atom stereocenters. The van der Waals surface area contributed by atoms with Crippen LogP contribution in [0.4, 0.5) is 0 Å². The molecule has 1 aromatic carbocycles. The van der Waals surface area contributed by atoms with Gasteiger partial charge in [0.1, 0.15) is 11.9 Å². The average Bonchev–Trinajstić information content (AvgIpc) is 3.16. The molecule has 1 saturated heterocycles. The first-order valence-corrected chi connectivity index (χ1v) is 9.18. The average molecular weight is 340 g/mol. The molecule has 4 rings (SSSR count). The molecule has 132 valence electrons. The highest BCUT2D eigenvalue weighted by atomic mass is 16.5. The lowest BCUT2D eigenvalue weighted by atomic mass is 9.90. The number of aromatic amines is 1. The second-order valence-corrected chi connectivity index (χ2v) is 6.80. The van der Waals surface area contributed by atoms with Crippen LogP contribution in [-0.2, 0) is 24.0 Å². The molecule has 2 heterocycles. The first-order chi connectivity index (χ1) is 12.2. The zero-order chi connectivity index (χ0) is 17.2. The molecule has 1 aliphatic heterocycles. The van der Waals surface area contributed by atoms with E-state index < -0.39 is 0 Å². The van der Waals surface area contributed by atoms with E-state index in [9.17, 15) is 4.79 Å². The van der Waals surface area contributed by atoms with Gasteiger partial charge in [-0.3, -0.25) is 9.89 Å². The Labute approximate surface area is 147 Å². The van der Waals surface area contributed by atoms with Gasteiger partial charge in [-0.05, 0) is 48.9 Å². The number of hydrogen-bond donors (Lipinski definition) is 1. The predicted octanol–water partition coefficient (Wildman–Crippen LogP) is 2.46. The number of nitrogens with zero attached hydrogens (tertiary/aromatic N) is 3. The van der Waals surface area contributed by atoms with Gasteiger partial charge in [0.05, 0.1) is 13.2 Å². The molecule has 1 N–H and O–H groups in total. The first kappa shape index (κ1) is 16.3. The van der Waals surface area contributed by atoms with Crippen LogP contribution < -0.4 is 0 Å². The highest BCUT2D eigenvalue weighted by molar-refractivity contribution is 5.94. The van der Waals surface area contributed by atoms with E-state index in [0.29, 0.717) is 25.5 Å². The second kappa shape index (κ2) is 6.96. The first-order valence-electron chi connectivity index (χ1n) is 9.18. The van der Waals surface area contributed by atoms with E-state index in [1.165, 1.54) is 24.0 Å². The summed E-state index contributed by atoms with van der Waals surface area (Å²) in [6.07, 6.45) is 5.23. The summed E-state index contributed by atoms with van der Waals surface area (Å²) >= 11 is 0. The van der Waals surface area contributed by atoms with Crippen LogP contribution in [0.25, 0.3) is 0 Å². The summed E-state index contributed by atoms with van der Waals surface area (Å²) in [5.41, 5.74) is 3.52. The Morgan fingerprint density at radius 2 is 2.16 bits per heavy atom. The Morgan fingerprint density at radius 3 is 2.96 bits per heavy atom. The van der Waals surface area contributed by atoms with Gasteiger partial charge >= 0.3 is 0 Å². The minimum absolute atomic E-state index is 0.0768. The van der Waals surface area contributed by atoms with Crippen molar-refractivity contribution in [3.05, 3.63) is 46.5 Å². The van der Waals surface area contributed by atoms with E-state index in [0.717, 1.165) is 30.7 Å². The normalized spacial score (nSPS) is 20.4. The summed E-state index contributed by atoms with van der Waals surface area (Å²) in [6.45, 7) is 3.64. The van der Waals surface area contributed by atoms with Crippen molar-refractivity contribution in [1.29, 1.82) is 0 Å². The SMILES string of the molecule is CCc1nc([C@H]2CN(C(=O)c3ccc4c(c3)CCCC4)CCO2)n[nH]1. The summed E-state index contributed by atoms with van der Waals surface area (Å²) in [6, 6.07) is 6.19. The summed E-state index contributed by atoms with van der Waals surface area (Å²) in [7, 11) is 0. The van der Waals surface area contributed by atoms with Crippen molar-refractivity contribution in [2.24, 2.45) is 0 Å². The van der Waals surface area contributed by atoms with Crippen LogP contribution in [0, 0.1) is 0 Å². The van der Waals surface area contributed by atoms with Crippen LogP contribution in [0.15, 0.2) is 18.2 Å². The third-order valence-electron chi connectivity index (χ3n) is 5.12. The minimum Gasteiger partial charge on any atom is -0.366 e. The van der Waals surface area contributed by atoms with Gasteiger partial charge in [0.25, 0.3) is 5.91 Å². The molecule has 1 aliphatic carbocycles. The van der Waals surface area contributed by atoms with E-state index >= 15 is 0 Å². The van der Waals surface area contributed by atoms with Crippen molar-refractivity contribution >= 4 is 5.91 Å². The molecule has 25 heavy (non-hydrogen) atoms. The molecule has 2 aliphatic rings. The second-order valence-electron chi connectivity index (χ2n) is 6.80. The molecular weight excluding hydrogens is 316 g/mol. The van der Waals surface area contributed by atoms with E-state index in [-0.39, 0.29) is 12.0 Å².